The van der Waals surface area contributed by atoms with Crippen molar-refractivity contribution in [3.8, 4) is 0 Å². The Bertz CT molecular complexity index is 592. The topological polar surface area (TPSA) is 75.9 Å². The Hall–Kier alpha value is -1.89. The maximum atomic E-state index is 13.1. The van der Waals surface area contributed by atoms with Crippen LogP contribution in [0, 0.1) is 5.92 Å². The van der Waals surface area contributed by atoms with E-state index < -0.39 is 5.60 Å². The van der Waals surface area contributed by atoms with E-state index in [1.165, 1.54) is 0 Å². The Morgan fingerprint density at radius 3 is 2.73 bits per heavy atom. The number of amides is 1. The minimum Gasteiger partial charge on any atom is -0.460 e. The highest BCUT2D eigenvalue weighted by Gasteiger charge is 2.35. The minimum absolute atomic E-state index is 0.0112. The smallest absolute Gasteiger partial charge is 0.307 e. The molecule has 26 heavy (non-hydrogen) atoms. The molecule has 1 saturated heterocycles. The molecule has 0 aliphatic carbocycles. The van der Waals surface area contributed by atoms with Crippen LogP contribution in [0.4, 0.5) is 5.88 Å². The number of esters is 1. The fraction of sp³-hybridized carbons (Fsp3) is 0.737. The average Bonchev–Trinajstić information content (AvgIpc) is 3.19. The number of ether oxygens (including phenoxy) is 1. The maximum absolute atomic E-state index is 13.1. The lowest BCUT2D eigenvalue weighted by molar-refractivity contribution is -0.155. The molecule has 146 valence electrons. The monoisotopic (exact) mass is 365 g/mol. The molecule has 1 aromatic rings. The number of aromatic nitrogens is 1. The number of carbonyl (C=O) groups is 2. The van der Waals surface area contributed by atoms with Crippen molar-refractivity contribution in [2.45, 2.75) is 65.5 Å². The summed E-state index contributed by atoms with van der Waals surface area (Å²) in [5, 5.41) is 3.73. The van der Waals surface area contributed by atoms with Gasteiger partial charge in [0.1, 0.15) is 5.60 Å². The Kier molecular flexibility index (Phi) is 6.81. The number of hydrogen-bond donors (Lipinski definition) is 0. The number of rotatable bonds is 7. The van der Waals surface area contributed by atoms with Gasteiger partial charge in [-0.25, -0.2) is 0 Å². The van der Waals surface area contributed by atoms with Gasteiger partial charge < -0.3 is 9.26 Å². The SMILES string of the molecule is CC(C)CN(C(=O)C1CCCN1CCC(=O)OC(C)(C)C)c1ccno1. The zero-order chi connectivity index (χ0) is 19.3. The van der Waals surface area contributed by atoms with Crippen molar-refractivity contribution in [3.63, 3.8) is 0 Å². The summed E-state index contributed by atoms with van der Waals surface area (Å²) in [6.07, 6.45) is 3.56. The quantitative estimate of drug-likeness (QED) is 0.692. The second-order valence-electron chi connectivity index (χ2n) is 8.22. The maximum Gasteiger partial charge on any atom is 0.307 e. The van der Waals surface area contributed by atoms with E-state index in [2.05, 4.69) is 23.9 Å². The molecule has 0 radical (unpaired) electrons. The number of nitrogens with zero attached hydrogens (tertiary/aromatic N) is 3. The molecule has 1 aromatic heterocycles. The molecule has 7 heteroatoms. The summed E-state index contributed by atoms with van der Waals surface area (Å²) in [7, 11) is 0. The van der Waals surface area contributed by atoms with Gasteiger partial charge in [-0.15, -0.1) is 0 Å². The standard InChI is InChI=1S/C19H31N3O4/c1-14(2)13-22(16-8-10-20-26-16)18(24)15-7-6-11-21(15)12-9-17(23)25-19(3,4)5/h8,10,14-15H,6-7,9,11-13H2,1-5H3. The molecule has 2 rings (SSSR count). The molecule has 2 heterocycles. The lowest BCUT2D eigenvalue weighted by atomic mass is 10.1. The third kappa shape index (κ3) is 5.83. The van der Waals surface area contributed by atoms with Crippen LogP contribution in [-0.4, -0.2) is 53.2 Å². The normalized spacial score (nSPS) is 18.3. The highest BCUT2D eigenvalue weighted by atomic mass is 16.6. The van der Waals surface area contributed by atoms with E-state index in [0.29, 0.717) is 24.9 Å². The van der Waals surface area contributed by atoms with Gasteiger partial charge in [0.15, 0.2) is 0 Å². The summed E-state index contributed by atoms with van der Waals surface area (Å²) in [6, 6.07) is 1.47. The molecular weight excluding hydrogens is 334 g/mol. The Balaban J connectivity index is 2.00. The first-order chi connectivity index (χ1) is 12.2. The van der Waals surface area contributed by atoms with Gasteiger partial charge in [0.2, 0.25) is 11.8 Å². The van der Waals surface area contributed by atoms with Gasteiger partial charge in [0, 0.05) is 19.2 Å². The second-order valence-corrected chi connectivity index (χ2v) is 8.22. The van der Waals surface area contributed by atoms with Crippen LogP contribution in [0.25, 0.3) is 0 Å². The van der Waals surface area contributed by atoms with Crippen molar-refractivity contribution in [3.05, 3.63) is 12.3 Å². The van der Waals surface area contributed by atoms with Crippen molar-refractivity contribution in [1.82, 2.24) is 10.1 Å². The van der Waals surface area contributed by atoms with Crippen molar-refractivity contribution in [2.24, 2.45) is 5.92 Å². The molecule has 1 amide bonds. The van der Waals surface area contributed by atoms with E-state index >= 15 is 0 Å². The Morgan fingerprint density at radius 1 is 1.42 bits per heavy atom. The first-order valence-electron chi connectivity index (χ1n) is 9.35. The highest BCUT2D eigenvalue weighted by molar-refractivity contribution is 5.96. The van der Waals surface area contributed by atoms with Gasteiger partial charge in [0.25, 0.3) is 0 Å². The summed E-state index contributed by atoms with van der Waals surface area (Å²) in [4.78, 5) is 28.9. The average molecular weight is 365 g/mol. The zero-order valence-electron chi connectivity index (χ0n) is 16.5. The van der Waals surface area contributed by atoms with Crippen molar-refractivity contribution in [1.29, 1.82) is 0 Å². The van der Waals surface area contributed by atoms with Gasteiger partial charge in [-0.1, -0.05) is 19.0 Å². The van der Waals surface area contributed by atoms with Crippen LogP contribution >= 0.6 is 0 Å². The van der Waals surface area contributed by atoms with Crippen LogP contribution in [0.2, 0.25) is 0 Å². The summed E-state index contributed by atoms with van der Waals surface area (Å²) in [6.45, 7) is 11.6. The molecule has 0 N–H and O–H groups in total. The molecule has 0 aromatic carbocycles. The number of anilines is 1. The van der Waals surface area contributed by atoms with Gasteiger partial charge in [-0.05, 0) is 46.1 Å². The molecular formula is C19H31N3O4. The minimum atomic E-state index is -0.488. The molecule has 1 atom stereocenters. The summed E-state index contributed by atoms with van der Waals surface area (Å²) < 4.78 is 10.6. The van der Waals surface area contributed by atoms with E-state index in [1.54, 1.807) is 17.2 Å². The Morgan fingerprint density at radius 2 is 2.15 bits per heavy atom. The second kappa shape index (κ2) is 8.66. The van der Waals surface area contributed by atoms with E-state index in [-0.39, 0.29) is 24.3 Å². The van der Waals surface area contributed by atoms with E-state index in [0.717, 1.165) is 19.4 Å². The Labute approximate surface area is 155 Å². The van der Waals surface area contributed by atoms with Crippen LogP contribution in [-0.2, 0) is 14.3 Å². The van der Waals surface area contributed by atoms with E-state index in [9.17, 15) is 9.59 Å². The van der Waals surface area contributed by atoms with E-state index in [4.69, 9.17) is 9.26 Å². The summed E-state index contributed by atoms with van der Waals surface area (Å²) in [5.74, 6) is 0.561. The van der Waals surface area contributed by atoms with Crippen molar-refractivity contribution < 1.29 is 18.8 Å². The van der Waals surface area contributed by atoms with Crippen LogP contribution < -0.4 is 4.90 Å². The van der Waals surface area contributed by atoms with Gasteiger partial charge in [0.05, 0.1) is 18.7 Å². The molecule has 1 unspecified atom stereocenters. The summed E-state index contributed by atoms with van der Waals surface area (Å²) >= 11 is 0. The predicted molar refractivity (Wildman–Crippen MR) is 98.8 cm³/mol. The molecule has 0 spiro atoms. The van der Waals surface area contributed by atoms with Crippen LogP contribution in [0.3, 0.4) is 0 Å². The molecule has 7 nitrogen and oxygen atoms in total. The molecule has 1 aliphatic rings. The first kappa shape index (κ1) is 20.4. The predicted octanol–water partition coefficient (Wildman–Crippen LogP) is 2.86. The fourth-order valence-electron chi connectivity index (χ4n) is 3.18. The third-order valence-electron chi connectivity index (χ3n) is 4.18. The van der Waals surface area contributed by atoms with Crippen LogP contribution in [0.5, 0.6) is 0 Å². The molecule has 0 bridgehead atoms. The first-order valence-corrected chi connectivity index (χ1v) is 9.35. The third-order valence-corrected chi connectivity index (χ3v) is 4.18. The highest BCUT2D eigenvalue weighted by Crippen LogP contribution is 2.24. The molecule has 1 fully saturated rings. The molecule has 0 saturated carbocycles. The van der Waals surface area contributed by atoms with Gasteiger partial charge >= 0.3 is 5.97 Å². The fourth-order valence-corrected chi connectivity index (χ4v) is 3.18. The van der Waals surface area contributed by atoms with Crippen molar-refractivity contribution >= 4 is 17.8 Å². The van der Waals surface area contributed by atoms with Crippen LogP contribution in [0.1, 0.15) is 53.9 Å². The lowest BCUT2D eigenvalue weighted by Gasteiger charge is -2.29. The zero-order valence-corrected chi connectivity index (χ0v) is 16.5. The van der Waals surface area contributed by atoms with Gasteiger partial charge in [-0.2, -0.15) is 0 Å². The number of hydrogen-bond acceptors (Lipinski definition) is 6. The largest absolute Gasteiger partial charge is 0.460 e. The summed E-state index contributed by atoms with van der Waals surface area (Å²) in [5.41, 5.74) is -0.488. The lowest BCUT2D eigenvalue weighted by Crippen LogP contribution is -2.47. The van der Waals surface area contributed by atoms with E-state index in [1.807, 2.05) is 20.8 Å². The van der Waals surface area contributed by atoms with Crippen LogP contribution in [0.15, 0.2) is 16.8 Å². The van der Waals surface area contributed by atoms with Crippen molar-refractivity contribution in [2.75, 3.05) is 24.5 Å². The number of carbonyl (C=O) groups excluding carboxylic acids is 2. The molecule has 1 aliphatic heterocycles. The van der Waals surface area contributed by atoms with Gasteiger partial charge in [-0.3, -0.25) is 19.4 Å². The number of likely N-dealkylation sites (tertiary alicyclic amines) is 1.